The summed E-state index contributed by atoms with van der Waals surface area (Å²) in [5.41, 5.74) is 2.05. The topological polar surface area (TPSA) is 75.7 Å². The maximum absolute atomic E-state index is 13.1. The van der Waals surface area contributed by atoms with Crippen LogP contribution in [0.5, 0.6) is 5.75 Å². The Kier molecular flexibility index (Phi) is 6.46. The summed E-state index contributed by atoms with van der Waals surface area (Å²) in [4.78, 5) is 15.1. The van der Waals surface area contributed by atoms with Crippen LogP contribution in [-0.4, -0.2) is 38.9 Å². The first-order valence-corrected chi connectivity index (χ1v) is 12.1. The smallest absolute Gasteiger partial charge is 0.262 e. The predicted octanol–water partition coefficient (Wildman–Crippen LogP) is 4.34. The number of sulfonamides is 1. The van der Waals surface area contributed by atoms with Gasteiger partial charge in [-0.2, -0.15) is 0 Å². The number of carbonyl (C=O) groups is 1. The maximum atomic E-state index is 13.1. The minimum absolute atomic E-state index is 0.0648. The molecule has 0 bridgehead atoms. The number of benzene rings is 3. The van der Waals surface area contributed by atoms with Gasteiger partial charge in [-0.25, -0.2) is 8.42 Å². The van der Waals surface area contributed by atoms with Gasteiger partial charge in [-0.15, -0.1) is 0 Å². The highest BCUT2D eigenvalue weighted by atomic mass is 32.2. The number of nitrogens with zero attached hydrogens (tertiary/aromatic N) is 1. The minimum atomic E-state index is -3.81. The average molecular weight is 451 g/mol. The Morgan fingerprint density at radius 1 is 1.00 bits per heavy atom. The van der Waals surface area contributed by atoms with Gasteiger partial charge in [0.1, 0.15) is 5.75 Å². The fourth-order valence-electron chi connectivity index (χ4n) is 4.08. The molecule has 4 rings (SSSR count). The molecule has 0 aromatic heterocycles. The normalized spacial score (nSPS) is 16.0. The lowest BCUT2D eigenvalue weighted by molar-refractivity contribution is 0.0736. The Hall–Kier alpha value is -3.32. The zero-order valence-electron chi connectivity index (χ0n) is 17.9. The van der Waals surface area contributed by atoms with Crippen LogP contribution in [-0.2, 0) is 16.4 Å². The molecule has 0 aliphatic carbocycles. The van der Waals surface area contributed by atoms with E-state index >= 15 is 0 Å². The number of rotatable bonds is 7. The SMILES string of the molecule is COc1ccccc1NS(=O)(=O)c1ccc(C(=O)N2CCCC2Cc2ccccc2)cc1. The van der Waals surface area contributed by atoms with Gasteiger partial charge in [-0.05, 0) is 61.2 Å². The van der Waals surface area contributed by atoms with Crippen molar-refractivity contribution in [2.24, 2.45) is 0 Å². The number of ether oxygens (including phenoxy) is 1. The van der Waals surface area contributed by atoms with E-state index in [0.717, 1.165) is 19.3 Å². The zero-order valence-corrected chi connectivity index (χ0v) is 18.7. The quantitative estimate of drug-likeness (QED) is 0.581. The Morgan fingerprint density at radius 2 is 1.69 bits per heavy atom. The molecule has 1 amide bonds. The highest BCUT2D eigenvalue weighted by molar-refractivity contribution is 7.92. The lowest BCUT2D eigenvalue weighted by Crippen LogP contribution is -2.36. The summed E-state index contributed by atoms with van der Waals surface area (Å²) in [6.07, 6.45) is 2.76. The van der Waals surface area contributed by atoms with E-state index in [9.17, 15) is 13.2 Å². The van der Waals surface area contributed by atoms with Gasteiger partial charge < -0.3 is 9.64 Å². The van der Waals surface area contributed by atoms with Crippen LogP contribution in [0.4, 0.5) is 5.69 Å². The highest BCUT2D eigenvalue weighted by Crippen LogP contribution is 2.27. The largest absolute Gasteiger partial charge is 0.495 e. The molecule has 1 fully saturated rings. The first-order valence-electron chi connectivity index (χ1n) is 10.6. The fourth-order valence-corrected chi connectivity index (χ4v) is 5.15. The van der Waals surface area contributed by atoms with Crippen molar-refractivity contribution >= 4 is 21.6 Å². The molecular formula is C25H26N2O4S. The molecule has 1 saturated heterocycles. The lowest BCUT2D eigenvalue weighted by Gasteiger charge is -2.25. The first-order chi connectivity index (χ1) is 15.5. The summed E-state index contributed by atoms with van der Waals surface area (Å²) >= 11 is 0. The Morgan fingerprint density at radius 3 is 2.41 bits per heavy atom. The number of methoxy groups -OCH3 is 1. The molecule has 1 atom stereocenters. The van der Waals surface area contributed by atoms with E-state index in [0.29, 0.717) is 23.5 Å². The molecule has 32 heavy (non-hydrogen) atoms. The second-order valence-corrected chi connectivity index (χ2v) is 9.50. The van der Waals surface area contributed by atoms with Crippen LogP contribution in [0.1, 0.15) is 28.8 Å². The van der Waals surface area contributed by atoms with E-state index in [-0.39, 0.29) is 16.8 Å². The summed E-state index contributed by atoms with van der Waals surface area (Å²) in [6, 6.07) is 23.2. The van der Waals surface area contributed by atoms with E-state index in [1.807, 2.05) is 23.1 Å². The van der Waals surface area contributed by atoms with E-state index in [2.05, 4.69) is 16.9 Å². The predicted molar refractivity (Wildman–Crippen MR) is 124 cm³/mol. The summed E-state index contributed by atoms with van der Waals surface area (Å²) < 4.78 is 33.4. The number of nitrogens with one attached hydrogen (secondary N) is 1. The molecule has 3 aromatic carbocycles. The molecule has 166 valence electrons. The van der Waals surface area contributed by atoms with E-state index in [4.69, 9.17) is 4.74 Å². The molecule has 3 aromatic rings. The van der Waals surface area contributed by atoms with Gasteiger partial charge in [-0.3, -0.25) is 9.52 Å². The number of hydrogen-bond acceptors (Lipinski definition) is 4. The van der Waals surface area contributed by atoms with Crippen molar-refractivity contribution in [1.29, 1.82) is 0 Å². The summed E-state index contributed by atoms with van der Waals surface area (Å²) in [6.45, 7) is 0.714. The standard InChI is InChI=1S/C25H26N2O4S/c1-31-24-12-6-5-11-23(24)26-32(29,30)22-15-13-20(14-16-22)25(28)27-17-7-10-21(27)18-19-8-3-2-4-9-19/h2-6,8-9,11-16,21,26H,7,10,17-18H2,1H3. The van der Waals surface area contributed by atoms with E-state index in [1.54, 1.807) is 36.4 Å². The van der Waals surface area contributed by atoms with Crippen molar-refractivity contribution in [2.45, 2.75) is 30.2 Å². The van der Waals surface area contributed by atoms with Crippen LogP contribution in [0.2, 0.25) is 0 Å². The lowest BCUT2D eigenvalue weighted by atomic mass is 10.0. The Balaban J connectivity index is 1.48. The van der Waals surface area contributed by atoms with Crippen molar-refractivity contribution in [3.8, 4) is 5.75 Å². The second kappa shape index (κ2) is 9.44. The van der Waals surface area contributed by atoms with Crippen molar-refractivity contribution in [1.82, 2.24) is 4.90 Å². The third-order valence-corrected chi connectivity index (χ3v) is 7.10. The molecule has 1 heterocycles. The number of hydrogen-bond donors (Lipinski definition) is 1. The molecule has 7 heteroatoms. The maximum Gasteiger partial charge on any atom is 0.262 e. The molecule has 0 saturated carbocycles. The van der Waals surface area contributed by atoms with Crippen LogP contribution in [0, 0.1) is 0 Å². The van der Waals surface area contributed by atoms with Crippen molar-refractivity contribution < 1.29 is 17.9 Å². The third-order valence-electron chi connectivity index (χ3n) is 5.72. The number of anilines is 1. The van der Waals surface area contributed by atoms with Crippen LogP contribution in [0.25, 0.3) is 0 Å². The van der Waals surface area contributed by atoms with Gasteiger partial charge in [0.25, 0.3) is 15.9 Å². The Bertz CT molecular complexity index is 1180. The van der Waals surface area contributed by atoms with Crippen LogP contribution in [0.15, 0.2) is 83.8 Å². The zero-order chi connectivity index (χ0) is 22.6. The molecule has 1 aliphatic heterocycles. The van der Waals surface area contributed by atoms with Crippen molar-refractivity contribution in [3.63, 3.8) is 0 Å². The van der Waals surface area contributed by atoms with Crippen molar-refractivity contribution in [2.75, 3.05) is 18.4 Å². The minimum Gasteiger partial charge on any atom is -0.495 e. The molecule has 0 radical (unpaired) electrons. The number of carbonyl (C=O) groups excluding carboxylic acids is 1. The van der Waals surface area contributed by atoms with Gasteiger partial charge in [0, 0.05) is 18.2 Å². The Labute approximate surface area is 188 Å². The molecule has 0 spiro atoms. The summed E-state index contributed by atoms with van der Waals surface area (Å²) in [5.74, 6) is 0.367. The van der Waals surface area contributed by atoms with E-state index in [1.165, 1.54) is 24.8 Å². The molecule has 6 nitrogen and oxygen atoms in total. The molecular weight excluding hydrogens is 424 g/mol. The number of amides is 1. The summed E-state index contributed by atoms with van der Waals surface area (Å²) in [5, 5.41) is 0. The van der Waals surface area contributed by atoms with Crippen LogP contribution >= 0.6 is 0 Å². The summed E-state index contributed by atoms with van der Waals surface area (Å²) in [7, 11) is -2.33. The molecule has 1 unspecified atom stereocenters. The van der Waals surface area contributed by atoms with Crippen molar-refractivity contribution in [3.05, 3.63) is 90.0 Å². The van der Waals surface area contributed by atoms with Gasteiger partial charge >= 0.3 is 0 Å². The third kappa shape index (κ3) is 4.78. The average Bonchev–Trinajstić information content (AvgIpc) is 3.27. The molecule has 1 N–H and O–H groups in total. The monoisotopic (exact) mass is 450 g/mol. The van der Waals surface area contributed by atoms with Gasteiger partial charge in [-0.1, -0.05) is 42.5 Å². The highest BCUT2D eigenvalue weighted by Gasteiger charge is 2.29. The van der Waals surface area contributed by atoms with Crippen LogP contribution in [0.3, 0.4) is 0 Å². The van der Waals surface area contributed by atoms with Gasteiger partial charge in [0.15, 0.2) is 0 Å². The second-order valence-electron chi connectivity index (χ2n) is 7.81. The first kappa shape index (κ1) is 21.9. The molecule has 1 aliphatic rings. The van der Waals surface area contributed by atoms with Gasteiger partial charge in [0.05, 0.1) is 17.7 Å². The fraction of sp³-hybridized carbons (Fsp3) is 0.240. The van der Waals surface area contributed by atoms with Crippen LogP contribution < -0.4 is 9.46 Å². The number of para-hydroxylation sites is 2. The van der Waals surface area contributed by atoms with Gasteiger partial charge in [0.2, 0.25) is 0 Å². The number of likely N-dealkylation sites (tertiary alicyclic amines) is 1. The van der Waals surface area contributed by atoms with E-state index < -0.39 is 10.0 Å².